The third-order valence-electron chi connectivity index (χ3n) is 3.93. The molecule has 2 aliphatic heterocycles. The molecule has 0 spiro atoms. The van der Waals surface area contributed by atoms with E-state index >= 15 is 0 Å². The summed E-state index contributed by atoms with van der Waals surface area (Å²) in [6.45, 7) is 3.17. The first kappa shape index (κ1) is 12.9. The van der Waals surface area contributed by atoms with E-state index in [0.29, 0.717) is 12.1 Å². The van der Waals surface area contributed by atoms with Crippen LogP contribution in [0.5, 0.6) is 0 Å². The smallest absolute Gasteiger partial charge is 0.270 e. The van der Waals surface area contributed by atoms with Gasteiger partial charge in [0.15, 0.2) is 0 Å². The maximum Gasteiger partial charge on any atom is 0.270 e. The van der Waals surface area contributed by atoms with Crippen LogP contribution < -0.4 is 10.2 Å². The Kier molecular flexibility index (Phi) is 3.06. The molecule has 20 heavy (non-hydrogen) atoms. The lowest BCUT2D eigenvalue weighted by atomic mass is 10.1. The van der Waals surface area contributed by atoms with E-state index in [1.165, 1.54) is 12.1 Å². The van der Waals surface area contributed by atoms with Crippen LogP contribution in [0, 0.1) is 10.1 Å². The molecule has 1 aromatic rings. The van der Waals surface area contributed by atoms with Gasteiger partial charge < -0.3 is 15.1 Å². The van der Waals surface area contributed by atoms with Crippen molar-refractivity contribution < 1.29 is 9.72 Å². The minimum absolute atomic E-state index is 0.0496. The number of amides is 1. The van der Waals surface area contributed by atoms with E-state index < -0.39 is 4.92 Å². The van der Waals surface area contributed by atoms with Crippen LogP contribution in [0.15, 0.2) is 18.2 Å². The van der Waals surface area contributed by atoms with Gasteiger partial charge >= 0.3 is 0 Å². The van der Waals surface area contributed by atoms with Gasteiger partial charge in [-0.3, -0.25) is 14.9 Å². The molecule has 1 amide bonds. The van der Waals surface area contributed by atoms with Gasteiger partial charge in [-0.05, 0) is 13.1 Å². The first-order valence-corrected chi connectivity index (χ1v) is 6.58. The van der Waals surface area contributed by atoms with E-state index in [1.807, 2.05) is 0 Å². The second kappa shape index (κ2) is 4.75. The summed E-state index contributed by atoms with van der Waals surface area (Å²) in [5.74, 6) is -0.235. The van der Waals surface area contributed by atoms with E-state index in [-0.39, 0.29) is 17.6 Å². The molecule has 1 N–H and O–H groups in total. The standard InChI is InChI=1S/C13H16N4O3/c1-15-4-5-16-10(8-15)7-14-13(18)11-6-9(17(19)20)2-3-12(11)16/h2-3,6,10H,4-5,7-8H2,1H3,(H,14,18). The Bertz CT molecular complexity index is 575. The van der Waals surface area contributed by atoms with Gasteiger partial charge in [-0.25, -0.2) is 0 Å². The number of anilines is 1. The maximum atomic E-state index is 12.1. The second-order valence-corrected chi connectivity index (χ2v) is 5.28. The molecule has 1 aromatic carbocycles. The van der Waals surface area contributed by atoms with Crippen molar-refractivity contribution in [2.24, 2.45) is 0 Å². The molecule has 106 valence electrons. The predicted molar refractivity (Wildman–Crippen MR) is 74.1 cm³/mol. The Morgan fingerprint density at radius 2 is 2.20 bits per heavy atom. The monoisotopic (exact) mass is 276 g/mol. The van der Waals surface area contributed by atoms with Crippen molar-refractivity contribution in [2.75, 3.05) is 38.1 Å². The lowest BCUT2D eigenvalue weighted by molar-refractivity contribution is -0.384. The van der Waals surface area contributed by atoms with E-state index in [1.54, 1.807) is 6.07 Å². The molecule has 2 heterocycles. The number of hydrogen-bond acceptors (Lipinski definition) is 5. The summed E-state index contributed by atoms with van der Waals surface area (Å²) in [6, 6.07) is 4.73. The van der Waals surface area contributed by atoms with Gasteiger partial charge in [-0.15, -0.1) is 0 Å². The quantitative estimate of drug-likeness (QED) is 0.595. The van der Waals surface area contributed by atoms with Crippen LogP contribution in [-0.4, -0.2) is 55.0 Å². The molecule has 7 heteroatoms. The van der Waals surface area contributed by atoms with Crippen molar-refractivity contribution >= 4 is 17.3 Å². The first-order valence-electron chi connectivity index (χ1n) is 6.58. The third kappa shape index (κ3) is 2.09. The van der Waals surface area contributed by atoms with Crippen molar-refractivity contribution in [3.8, 4) is 0 Å². The first-order chi connectivity index (χ1) is 9.56. The zero-order valence-electron chi connectivity index (χ0n) is 11.2. The zero-order chi connectivity index (χ0) is 14.3. The molecule has 0 aromatic heterocycles. The Labute approximate surface area is 116 Å². The molecule has 1 unspecified atom stereocenters. The number of non-ortho nitro benzene ring substituents is 1. The highest BCUT2D eigenvalue weighted by Crippen LogP contribution is 2.30. The lowest BCUT2D eigenvalue weighted by Crippen LogP contribution is -2.54. The van der Waals surface area contributed by atoms with E-state index in [2.05, 4.69) is 22.2 Å². The summed E-state index contributed by atoms with van der Waals surface area (Å²) in [4.78, 5) is 26.9. The minimum Gasteiger partial charge on any atom is -0.364 e. The molecule has 7 nitrogen and oxygen atoms in total. The average Bonchev–Trinajstić information content (AvgIpc) is 2.56. The number of benzene rings is 1. The van der Waals surface area contributed by atoms with Crippen molar-refractivity contribution in [1.82, 2.24) is 10.2 Å². The number of carbonyl (C=O) groups excluding carboxylic acids is 1. The minimum atomic E-state index is -0.472. The van der Waals surface area contributed by atoms with Gasteiger partial charge in [-0.1, -0.05) is 0 Å². The molecular formula is C13H16N4O3. The summed E-state index contributed by atoms with van der Waals surface area (Å²) < 4.78 is 0. The highest BCUT2D eigenvalue weighted by molar-refractivity contribution is 6.01. The highest BCUT2D eigenvalue weighted by atomic mass is 16.6. The van der Waals surface area contributed by atoms with Crippen LogP contribution in [0.2, 0.25) is 0 Å². The number of fused-ring (bicyclic) bond motifs is 3. The topological polar surface area (TPSA) is 78.7 Å². The summed E-state index contributed by atoms with van der Waals surface area (Å²) in [5.41, 5.74) is 1.14. The Hall–Kier alpha value is -2.15. The number of likely N-dealkylation sites (N-methyl/N-ethyl adjacent to an activating group) is 1. The van der Waals surface area contributed by atoms with Gasteiger partial charge in [0.2, 0.25) is 0 Å². The molecular weight excluding hydrogens is 260 g/mol. The predicted octanol–water partition coefficient (Wildman–Crippen LogP) is 0.459. The molecule has 0 saturated carbocycles. The van der Waals surface area contributed by atoms with Crippen molar-refractivity contribution in [3.05, 3.63) is 33.9 Å². The lowest BCUT2D eigenvalue weighted by Gasteiger charge is -2.40. The number of carbonyl (C=O) groups is 1. The van der Waals surface area contributed by atoms with E-state index in [0.717, 1.165) is 25.3 Å². The number of nitrogens with one attached hydrogen (secondary N) is 1. The Balaban J connectivity index is 2.04. The fourth-order valence-corrected chi connectivity index (χ4v) is 2.88. The van der Waals surface area contributed by atoms with Gasteiger partial charge in [0, 0.05) is 38.3 Å². The fraction of sp³-hybridized carbons (Fsp3) is 0.462. The van der Waals surface area contributed by atoms with E-state index in [9.17, 15) is 14.9 Å². The SMILES string of the molecule is CN1CCN2c3ccc([N+](=O)[O-])cc3C(=O)NCC2C1. The summed E-state index contributed by atoms with van der Waals surface area (Å²) >= 11 is 0. The van der Waals surface area contributed by atoms with Crippen LogP contribution in [0.3, 0.4) is 0 Å². The molecule has 0 aliphatic carbocycles. The van der Waals surface area contributed by atoms with Crippen LogP contribution in [0.25, 0.3) is 0 Å². The fourth-order valence-electron chi connectivity index (χ4n) is 2.88. The van der Waals surface area contributed by atoms with Crippen molar-refractivity contribution in [2.45, 2.75) is 6.04 Å². The number of piperazine rings is 1. The van der Waals surface area contributed by atoms with Crippen LogP contribution >= 0.6 is 0 Å². The summed E-state index contributed by atoms with van der Waals surface area (Å²) in [6.07, 6.45) is 0. The van der Waals surface area contributed by atoms with Crippen molar-refractivity contribution in [3.63, 3.8) is 0 Å². The van der Waals surface area contributed by atoms with E-state index in [4.69, 9.17) is 0 Å². The number of nitro groups is 1. The van der Waals surface area contributed by atoms with Gasteiger partial charge in [0.25, 0.3) is 11.6 Å². The van der Waals surface area contributed by atoms with Gasteiger partial charge in [0.1, 0.15) is 0 Å². The van der Waals surface area contributed by atoms with Crippen LogP contribution in [0.1, 0.15) is 10.4 Å². The largest absolute Gasteiger partial charge is 0.364 e. The molecule has 1 atom stereocenters. The second-order valence-electron chi connectivity index (χ2n) is 5.28. The van der Waals surface area contributed by atoms with Crippen LogP contribution in [-0.2, 0) is 0 Å². The highest BCUT2D eigenvalue weighted by Gasteiger charge is 2.32. The number of nitro benzene ring substituents is 1. The average molecular weight is 276 g/mol. The van der Waals surface area contributed by atoms with Gasteiger partial charge in [-0.2, -0.15) is 0 Å². The summed E-state index contributed by atoms with van der Waals surface area (Å²) in [5, 5.41) is 13.7. The molecule has 1 fully saturated rings. The Morgan fingerprint density at radius 1 is 1.40 bits per heavy atom. The summed E-state index contributed by atoms with van der Waals surface area (Å²) in [7, 11) is 2.06. The number of hydrogen-bond donors (Lipinski definition) is 1. The molecule has 0 bridgehead atoms. The molecule has 1 saturated heterocycles. The van der Waals surface area contributed by atoms with Gasteiger partial charge in [0.05, 0.1) is 22.2 Å². The Morgan fingerprint density at radius 3 is 2.95 bits per heavy atom. The molecule has 2 aliphatic rings. The third-order valence-corrected chi connectivity index (χ3v) is 3.93. The normalized spacial score (nSPS) is 22.6. The maximum absolute atomic E-state index is 12.1. The number of nitrogens with zero attached hydrogens (tertiary/aromatic N) is 3. The van der Waals surface area contributed by atoms with Crippen LogP contribution in [0.4, 0.5) is 11.4 Å². The molecule has 3 rings (SSSR count). The van der Waals surface area contributed by atoms with Crippen molar-refractivity contribution in [1.29, 1.82) is 0 Å². The molecule has 0 radical (unpaired) electrons. The number of rotatable bonds is 1. The zero-order valence-corrected chi connectivity index (χ0v) is 11.2.